The minimum atomic E-state index is 0. The molecule has 0 aliphatic carbocycles. The first kappa shape index (κ1) is 12.4. The number of hydrogen-bond donors (Lipinski definition) is 1. The fraction of sp³-hybridized carbons (Fsp3) is 0.778. The van der Waals surface area contributed by atoms with Gasteiger partial charge in [-0.3, -0.25) is 0 Å². The Labute approximate surface area is 95.6 Å². The number of halogens is 1. The molecule has 1 atom stereocenters. The second-order valence-electron chi connectivity index (χ2n) is 3.59. The predicted octanol–water partition coefficient (Wildman–Crippen LogP) is 0.305. The number of aromatic nitrogens is 3. The van der Waals surface area contributed by atoms with Crippen molar-refractivity contribution in [2.45, 2.75) is 26.5 Å². The largest absolute Gasteiger partial charge is 0.374 e. The smallest absolute Gasteiger partial charge is 0.147 e. The number of nitrogens with zero attached hydrogens (tertiary/aromatic N) is 3. The van der Waals surface area contributed by atoms with E-state index in [-0.39, 0.29) is 18.5 Å². The van der Waals surface area contributed by atoms with Crippen molar-refractivity contribution in [3.8, 4) is 0 Å². The van der Waals surface area contributed by atoms with E-state index < -0.39 is 0 Å². The summed E-state index contributed by atoms with van der Waals surface area (Å²) in [5.74, 6) is 1.78. The average Bonchev–Trinajstić information content (AvgIpc) is 2.47. The third kappa shape index (κ3) is 3.15. The van der Waals surface area contributed by atoms with Crippen molar-refractivity contribution in [2.75, 3.05) is 19.7 Å². The van der Waals surface area contributed by atoms with Gasteiger partial charge in [0.15, 0.2) is 0 Å². The Balaban J connectivity index is 0.00000112. The summed E-state index contributed by atoms with van der Waals surface area (Å²) in [7, 11) is 0. The summed E-state index contributed by atoms with van der Waals surface area (Å²) in [6, 6.07) is 0. The number of nitrogens with one attached hydrogen (secondary N) is 1. The van der Waals surface area contributed by atoms with Gasteiger partial charge in [0.1, 0.15) is 11.6 Å². The highest BCUT2D eigenvalue weighted by molar-refractivity contribution is 5.85. The lowest BCUT2D eigenvalue weighted by Gasteiger charge is -2.23. The van der Waals surface area contributed by atoms with Crippen molar-refractivity contribution in [1.29, 1.82) is 0 Å². The SMILES string of the molecule is Cc1nc(C)n(CC2CNCCO2)n1.Cl. The minimum Gasteiger partial charge on any atom is -0.374 e. The zero-order valence-electron chi connectivity index (χ0n) is 9.06. The van der Waals surface area contributed by atoms with Crippen molar-refractivity contribution in [3.63, 3.8) is 0 Å². The van der Waals surface area contributed by atoms with Crippen LogP contribution in [0.2, 0.25) is 0 Å². The van der Waals surface area contributed by atoms with Crippen molar-refractivity contribution >= 4 is 12.4 Å². The summed E-state index contributed by atoms with van der Waals surface area (Å²) in [4.78, 5) is 4.25. The summed E-state index contributed by atoms with van der Waals surface area (Å²) in [6.07, 6.45) is 0.226. The van der Waals surface area contributed by atoms with Gasteiger partial charge in [-0.25, -0.2) is 9.67 Å². The van der Waals surface area contributed by atoms with Gasteiger partial charge in [0.05, 0.1) is 19.3 Å². The Kier molecular flexibility index (Phi) is 4.50. The summed E-state index contributed by atoms with van der Waals surface area (Å²) < 4.78 is 7.50. The molecule has 1 aliphatic heterocycles. The van der Waals surface area contributed by atoms with E-state index in [2.05, 4.69) is 15.4 Å². The molecule has 1 aliphatic rings. The highest BCUT2D eigenvalue weighted by Gasteiger charge is 2.15. The van der Waals surface area contributed by atoms with E-state index in [0.29, 0.717) is 0 Å². The lowest BCUT2D eigenvalue weighted by Crippen LogP contribution is -2.41. The molecule has 15 heavy (non-hydrogen) atoms. The zero-order chi connectivity index (χ0) is 9.97. The molecule has 0 spiro atoms. The van der Waals surface area contributed by atoms with E-state index in [9.17, 15) is 0 Å². The molecule has 1 unspecified atom stereocenters. The molecular formula is C9H17ClN4O. The first-order valence-corrected chi connectivity index (χ1v) is 4.96. The van der Waals surface area contributed by atoms with E-state index in [4.69, 9.17) is 4.74 Å². The monoisotopic (exact) mass is 232 g/mol. The van der Waals surface area contributed by atoms with E-state index >= 15 is 0 Å². The zero-order valence-corrected chi connectivity index (χ0v) is 9.88. The van der Waals surface area contributed by atoms with E-state index in [1.54, 1.807) is 0 Å². The fourth-order valence-electron chi connectivity index (χ4n) is 1.66. The molecule has 0 bridgehead atoms. The molecule has 1 aromatic rings. The topological polar surface area (TPSA) is 52.0 Å². The van der Waals surface area contributed by atoms with Gasteiger partial charge in [-0.15, -0.1) is 12.4 Å². The second-order valence-corrected chi connectivity index (χ2v) is 3.59. The Hall–Kier alpha value is -0.650. The predicted molar refractivity (Wildman–Crippen MR) is 59.4 cm³/mol. The number of morpholine rings is 1. The quantitative estimate of drug-likeness (QED) is 0.797. The van der Waals surface area contributed by atoms with Gasteiger partial charge >= 0.3 is 0 Å². The second kappa shape index (κ2) is 5.44. The van der Waals surface area contributed by atoms with E-state index in [1.807, 2.05) is 18.5 Å². The lowest BCUT2D eigenvalue weighted by atomic mass is 10.3. The molecule has 0 amide bonds. The van der Waals surface area contributed by atoms with Crippen molar-refractivity contribution in [3.05, 3.63) is 11.6 Å². The first-order chi connectivity index (χ1) is 6.75. The Morgan fingerprint density at radius 3 is 2.87 bits per heavy atom. The van der Waals surface area contributed by atoms with Crippen LogP contribution in [0.1, 0.15) is 11.6 Å². The maximum absolute atomic E-state index is 5.60. The average molecular weight is 233 g/mol. The third-order valence-electron chi connectivity index (χ3n) is 2.34. The molecule has 6 heteroatoms. The standard InChI is InChI=1S/C9H16N4O.ClH/c1-7-11-8(2)13(12-7)6-9-5-10-3-4-14-9;/h9-10H,3-6H2,1-2H3;1H. The summed E-state index contributed by atoms with van der Waals surface area (Å²) in [5.41, 5.74) is 0. The Morgan fingerprint density at radius 2 is 2.33 bits per heavy atom. The summed E-state index contributed by atoms with van der Waals surface area (Å²) in [6.45, 7) is 7.31. The van der Waals surface area contributed by atoms with Gasteiger partial charge in [0.25, 0.3) is 0 Å². The third-order valence-corrected chi connectivity index (χ3v) is 2.34. The van der Waals surface area contributed by atoms with Crippen LogP contribution in [-0.2, 0) is 11.3 Å². The van der Waals surface area contributed by atoms with Crippen LogP contribution in [-0.4, -0.2) is 40.6 Å². The molecule has 2 heterocycles. The molecule has 1 N–H and O–H groups in total. The van der Waals surface area contributed by atoms with Crippen LogP contribution in [0.15, 0.2) is 0 Å². The van der Waals surface area contributed by atoms with Crippen molar-refractivity contribution < 1.29 is 4.74 Å². The van der Waals surface area contributed by atoms with Gasteiger partial charge in [-0.05, 0) is 13.8 Å². The van der Waals surface area contributed by atoms with Gasteiger partial charge in [-0.1, -0.05) is 0 Å². The summed E-state index contributed by atoms with van der Waals surface area (Å²) >= 11 is 0. The molecule has 1 aromatic heterocycles. The van der Waals surface area contributed by atoms with E-state index in [1.165, 1.54) is 0 Å². The fourth-order valence-corrected chi connectivity index (χ4v) is 1.66. The molecule has 0 radical (unpaired) electrons. The molecule has 5 nitrogen and oxygen atoms in total. The molecular weight excluding hydrogens is 216 g/mol. The van der Waals surface area contributed by atoms with Crippen LogP contribution in [0.4, 0.5) is 0 Å². The molecule has 2 rings (SSSR count). The highest BCUT2D eigenvalue weighted by atomic mass is 35.5. The van der Waals surface area contributed by atoms with E-state index in [0.717, 1.165) is 37.9 Å². The van der Waals surface area contributed by atoms with Gasteiger partial charge < -0.3 is 10.1 Å². The molecule has 86 valence electrons. The maximum atomic E-state index is 5.60. The normalized spacial score (nSPS) is 21.1. The van der Waals surface area contributed by atoms with Crippen LogP contribution < -0.4 is 5.32 Å². The first-order valence-electron chi connectivity index (χ1n) is 4.96. The molecule has 1 fully saturated rings. The van der Waals surface area contributed by atoms with Crippen LogP contribution in [0, 0.1) is 13.8 Å². The van der Waals surface area contributed by atoms with Crippen LogP contribution in [0.25, 0.3) is 0 Å². The number of ether oxygens (including phenoxy) is 1. The maximum Gasteiger partial charge on any atom is 0.147 e. The van der Waals surface area contributed by atoms with Gasteiger partial charge in [-0.2, -0.15) is 5.10 Å². The summed E-state index contributed by atoms with van der Waals surface area (Å²) in [5, 5.41) is 7.60. The molecule has 0 aromatic carbocycles. The lowest BCUT2D eigenvalue weighted by molar-refractivity contribution is 0.0157. The van der Waals surface area contributed by atoms with Crippen molar-refractivity contribution in [1.82, 2.24) is 20.1 Å². The molecule has 0 saturated carbocycles. The highest BCUT2D eigenvalue weighted by Crippen LogP contribution is 2.02. The van der Waals surface area contributed by atoms with Crippen molar-refractivity contribution in [2.24, 2.45) is 0 Å². The number of aryl methyl sites for hydroxylation is 2. The number of rotatable bonds is 2. The van der Waals surface area contributed by atoms with Crippen LogP contribution in [0.3, 0.4) is 0 Å². The minimum absolute atomic E-state index is 0. The number of hydrogen-bond acceptors (Lipinski definition) is 4. The Bertz CT molecular complexity index is 309. The van der Waals surface area contributed by atoms with Crippen LogP contribution in [0.5, 0.6) is 0 Å². The van der Waals surface area contributed by atoms with Gasteiger partial charge in [0, 0.05) is 13.1 Å². The van der Waals surface area contributed by atoms with Crippen LogP contribution >= 0.6 is 12.4 Å². The Morgan fingerprint density at radius 1 is 1.53 bits per heavy atom. The van der Waals surface area contributed by atoms with Gasteiger partial charge in [0.2, 0.25) is 0 Å². The molecule has 1 saturated heterocycles.